The van der Waals surface area contributed by atoms with E-state index in [0.29, 0.717) is 19.6 Å². The number of benzene rings is 3. The summed E-state index contributed by atoms with van der Waals surface area (Å²) in [7, 11) is 0. The minimum absolute atomic E-state index is 0.0998. The summed E-state index contributed by atoms with van der Waals surface area (Å²) in [5.74, 6) is -0.0678. The molecule has 0 aliphatic heterocycles. The van der Waals surface area contributed by atoms with Crippen LogP contribution in [0.1, 0.15) is 51.6 Å². The maximum atomic E-state index is 12.4. The second-order valence-electron chi connectivity index (χ2n) is 13.3. The molecule has 6 nitrogen and oxygen atoms in total. The van der Waals surface area contributed by atoms with Crippen molar-refractivity contribution in [2.24, 2.45) is 5.41 Å². The number of hydrogen-bond donors (Lipinski definition) is 1. The molecule has 3 aromatic heterocycles. The van der Waals surface area contributed by atoms with E-state index in [1.54, 1.807) is 31.8 Å². The fourth-order valence-corrected chi connectivity index (χ4v) is 6.75. The van der Waals surface area contributed by atoms with Crippen molar-refractivity contribution in [2.75, 3.05) is 0 Å². The van der Waals surface area contributed by atoms with Crippen molar-refractivity contribution in [1.29, 1.82) is 0 Å². The zero-order valence-corrected chi connectivity index (χ0v) is 27.8. The molecule has 0 unspecified atom stereocenters. The predicted molar refractivity (Wildman–Crippen MR) is 188 cm³/mol. The van der Waals surface area contributed by atoms with E-state index in [0.717, 1.165) is 60.7 Å². The monoisotopic (exact) mass is 629 g/mol. The Hall–Kier alpha value is -4.62. The first-order valence-corrected chi connectivity index (χ1v) is 16.3. The zero-order valence-electron chi connectivity index (χ0n) is 26.9. The SMILES string of the molecule is CC(C)(C)Sc1c(CC(C)(C)C(=O)O)n(Cc2ccc(-c3ccccn3)cc2)c2ccc(OCc3ccc4ccccc4n3)cc12. The Labute approximate surface area is 274 Å². The average molecular weight is 630 g/mol. The average Bonchev–Trinajstić information content (AvgIpc) is 3.29. The highest BCUT2D eigenvalue weighted by molar-refractivity contribution is 8.00. The Morgan fingerprint density at radius 2 is 1.65 bits per heavy atom. The van der Waals surface area contributed by atoms with Crippen LogP contribution in [-0.4, -0.2) is 30.4 Å². The van der Waals surface area contributed by atoms with Gasteiger partial charge in [-0.25, -0.2) is 4.98 Å². The molecule has 0 saturated carbocycles. The third-order valence-electron chi connectivity index (χ3n) is 7.99. The molecule has 0 saturated heterocycles. The summed E-state index contributed by atoms with van der Waals surface area (Å²) < 4.78 is 8.51. The van der Waals surface area contributed by atoms with E-state index in [1.165, 1.54) is 0 Å². The fraction of sp³-hybridized carbons (Fsp3) is 0.256. The Morgan fingerprint density at radius 3 is 2.37 bits per heavy atom. The fourth-order valence-electron chi connectivity index (χ4n) is 5.56. The molecule has 7 heteroatoms. The summed E-state index contributed by atoms with van der Waals surface area (Å²) in [6.45, 7) is 11.1. The lowest BCUT2D eigenvalue weighted by atomic mass is 9.88. The first kappa shape index (κ1) is 31.4. The van der Waals surface area contributed by atoms with Crippen LogP contribution in [0.5, 0.6) is 5.75 Å². The molecule has 0 spiro atoms. The molecule has 3 heterocycles. The number of thioether (sulfide) groups is 1. The lowest BCUT2D eigenvalue weighted by molar-refractivity contribution is -0.146. The van der Waals surface area contributed by atoms with E-state index in [4.69, 9.17) is 9.72 Å². The summed E-state index contributed by atoms with van der Waals surface area (Å²) >= 11 is 1.78. The minimum atomic E-state index is -0.955. The van der Waals surface area contributed by atoms with E-state index in [-0.39, 0.29) is 4.75 Å². The first-order valence-electron chi connectivity index (χ1n) is 15.5. The quantitative estimate of drug-likeness (QED) is 0.152. The van der Waals surface area contributed by atoms with Crippen molar-refractivity contribution in [1.82, 2.24) is 14.5 Å². The molecule has 0 fully saturated rings. The molecule has 0 atom stereocenters. The van der Waals surface area contributed by atoms with Crippen LogP contribution in [0.15, 0.2) is 108 Å². The van der Waals surface area contributed by atoms with Crippen LogP contribution in [0.2, 0.25) is 0 Å². The van der Waals surface area contributed by atoms with Crippen LogP contribution < -0.4 is 4.74 Å². The molecule has 234 valence electrons. The predicted octanol–water partition coefficient (Wildman–Crippen LogP) is 9.42. The number of rotatable bonds is 10. The van der Waals surface area contributed by atoms with E-state index in [1.807, 2.05) is 48.5 Å². The van der Waals surface area contributed by atoms with Gasteiger partial charge in [0.15, 0.2) is 0 Å². The van der Waals surface area contributed by atoms with E-state index in [2.05, 4.69) is 78.9 Å². The highest BCUT2D eigenvalue weighted by Crippen LogP contribution is 2.44. The highest BCUT2D eigenvalue weighted by atomic mass is 32.2. The van der Waals surface area contributed by atoms with Crippen LogP contribution in [0.4, 0.5) is 0 Å². The molecule has 0 amide bonds. The third-order valence-corrected chi connectivity index (χ3v) is 9.26. The molecule has 0 aliphatic carbocycles. The number of ether oxygens (including phenoxy) is 1. The smallest absolute Gasteiger partial charge is 0.309 e. The minimum Gasteiger partial charge on any atom is -0.487 e. The zero-order chi connectivity index (χ0) is 32.5. The number of carboxylic acid groups (broad SMARTS) is 1. The van der Waals surface area contributed by atoms with Crippen LogP contribution in [0, 0.1) is 5.41 Å². The number of aromatic nitrogens is 3. The molecule has 0 radical (unpaired) electrons. The summed E-state index contributed by atoms with van der Waals surface area (Å²) in [5.41, 5.74) is 6.03. The van der Waals surface area contributed by atoms with Crippen molar-refractivity contribution >= 4 is 39.5 Å². The van der Waals surface area contributed by atoms with Crippen molar-refractivity contribution in [3.8, 4) is 17.0 Å². The summed E-state index contributed by atoms with van der Waals surface area (Å²) in [6, 6.07) is 32.7. The van der Waals surface area contributed by atoms with Crippen molar-refractivity contribution in [2.45, 2.75) is 63.8 Å². The number of carboxylic acids is 1. The number of para-hydroxylation sites is 1. The molecule has 6 aromatic rings. The van der Waals surface area contributed by atoms with Crippen molar-refractivity contribution in [3.63, 3.8) is 0 Å². The van der Waals surface area contributed by atoms with E-state index in [9.17, 15) is 9.90 Å². The van der Waals surface area contributed by atoms with E-state index >= 15 is 0 Å². The molecule has 0 bridgehead atoms. The number of aliphatic carboxylic acids is 1. The molecular weight excluding hydrogens is 591 g/mol. The van der Waals surface area contributed by atoms with Gasteiger partial charge in [-0.2, -0.15) is 0 Å². The van der Waals surface area contributed by atoms with Crippen LogP contribution >= 0.6 is 11.8 Å². The Balaban J connectivity index is 1.40. The highest BCUT2D eigenvalue weighted by Gasteiger charge is 2.33. The summed E-state index contributed by atoms with van der Waals surface area (Å²) in [4.78, 5) is 22.7. The van der Waals surface area contributed by atoms with Gasteiger partial charge in [-0.1, -0.05) is 75.4 Å². The molecule has 0 aliphatic rings. The van der Waals surface area contributed by atoms with Crippen molar-refractivity contribution in [3.05, 3.63) is 120 Å². The molecule has 46 heavy (non-hydrogen) atoms. The summed E-state index contributed by atoms with van der Waals surface area (Å²) in [6.07, 6.45) is 2.19. The Morgan fingerprint density at radius 1 is 0.891 bits per heavy atom. The van der Waals surface area contributed by atoms with Gasteiger partial charge in [-0.05, 0) is 61.9 Å². The Bertz CT molecular complexity index is 2010. The van der Waals surface area contributed by atoms with Gasteiger partial charge in [0, 0.05) is 56.4 Å². The molecule has 6 rings (SSSR count). The summed E-state index contributed by atoms with van der Waals surface area (Å²) in [5, 5.41) is 12.3. The normalized spacial score (nSPS) is 12.1. The molecular formula is C39H39N3O3S. The second-order valence-corrected chi connectivity index (χ2v) is 15.2. The van der Waals surface area contributed by atoms with Gasteiger partial charge in [0.25, 0.3) is 0 Å². The topological polar surface area (TPSA) is 77.2 Å². The lowest BCUT2D eigenvalue weighted by Crippen LogP contribution is -2.28. The van der Waals surface area contributed by atoms with Gasteiger partial charge in [0.05, 0.1) is 22.3 Å². The van der Waals surface area contributed by atoms with Gasteiger partial charge >= 0.3 is 5.97 Å². The number of pyridine rings is 2. The second kappa shape index (κ2) is 12.6. The Kier molecular flexibility index (Phi) is 8.62. The largest absolute Gasteiger partial charge is 0.487 e. The number of carbonyl (C=O) groups is 1. The van der Waals surface area contributed by atoms with Gasteiger partial charge in [0.1, 0.15) is 12.4 Å². The van der Waals surface area contributed by atoms with Gasteiger partial charge in [-0.3, -0.25) is 9.78 Å². The van der Waals surface area contributed by atoms with Gasteiger partial charge < -0.3 is 14.4 Å². The molecule has 1 N–H and O–H groups in total. The molecule has 3 aromatic carbocycles. The first-order chi connectivity index (χ1) is 22.0. The number of nitrogens with zero attached hydrogens (tertiary/aromatic N) is 3. The third kappa shape index (κ3) is 6.95. The van der Waals surface area contributed by atoms with E-state index < -0.39 is 11.4 Å². The van der Waals surface area contributed by atoms with Crippen LogP contribution in [0.25, 0.3) is 33.1 Å². The van der Waals surface area contributed by atoms with Crippen LogP contribution in [-0.2, 0) is 24.4 Å². The van der Waals surface area contributed by atoms with Crippen LogP contribution in [0.3, 0.4) is 0 Å². The van der Waals surface area contributed by atoms with Gasteiger partial charge in [-0.15, -0.1) is 11.8 Å². The van der Waals surface area contributed by atoms with Gasteiger partial charge in [0.2, 0.25) is 0 Å². The maximum Gasteiger partial charge on any atom is 0.309 e. The number of fused-ring (bicyclic) bond motifs is 2. The van der Waals surface area contributed by atoms with Crippen molar-refractivity contribution < 1.29 is 14.6 Å². The lowest BCUT2D eigenvalue weighted by Gasteiger charge is -2.24. The standard InChI is InChI=1S/C39H39N3O3S/c1-38(2,3)46-36-31-22-30(45-25-29-18-17-27-10-6-7-12-33(27)41-29)19-20-34(31)42(35(36)23-39(4,5)37(43)44)24-26-13-15-28(16-14-26)32-11-8-9-21-40-32/h6-22H,23-25H2,1-5H3,(H,43,44). The maximum absolute atomic E-state index is 12.4. The number of hydrogen-bond acceptors (Lipinski definition) is 5.